The summed E-state index contributed by atoms with van der Waals surface area (Å²) in [5, 5.41) is 2.43. The number of esters is 2. The summed E-state index contributed by atoms with van der Waals surface area (Å²) in [6, 6.07) is -0.897. The van der Waals surface area contributed by atoms with Crippen molar-refractivity contribution in [2.24, 2.45) is 5.92 Å². The largest absolute Gasteiger partial charge is 0.469 e. The van der Waals surface area contributed by atoms with Crippen LogP contribution in [0.4, 0.5) is 0 Å². The van der Waals surface area contributed by atoms with Crippen LogP contribution in [-0.4, -0.2) is 51.8 Å². The van der Waals surface area contributed by atoms with Crippen LogP contribution >= 0.6 is 0 Å². The van der Waals surface area contributed by atoms with E-state index in [0.29, 0.717) is 0 Å². The SMILES string of the molecule is COCC(=O)N[C@@H](C[C@H](C)C(=O)OC)C(=O)OC. The molecule has 0 aromatic heterocycles. The van der Waals surface area contributed by atoms with Crippen molar-refractivity contribution in [2.45, 2.75) is 19.4 Å². The summed E-state index contributed by atoms with van der Waals surface area (Å²) >= 11 is 0. The summed E-state index contributed by atoms with van der Waals surface area (Å²) in [5.74, 6) is -2.05. The van der Waals surface area contributed by atoms with Crippen molar-refractivity contribution in [2.75, 3.05) is 27.9 Å². The lowest BCUT2D eigenvalue weighted by Gasteiger charge is -2.18. The maximum absolute atomic E-state index is 11.5. The van der Waals surface area contributed by atoms with E-state index in [1.54, 1.807) is 6.92 Å². The Balaban J connectivity index is 4.54. The molecule has 0 aromatic carbocycles. The van der Waals surface area contributed by atoms with Gasteiger partial charge in [0, 0.05) is 7.11 Å². The third-order valence-corrected chi connectivity index (χ3v) is 2.29. The summed E-state index contributed by atoms with van der Waals surface area (Å²) in [6.07, 6.45) is 0.106. The van der Waals surface area contributed by atoms with Crippen LogP contribution in [-0.2, 0) is 28.6 Å². The molecule has 0 heterocycles. The zero-order valence-electron chi connectivity index (χ0n) is 11.0. The monoisotopic (exact) mass is 261 g/mol. The van der Waals surface area contributed by atoms with Gasteiger partial charge >= 0.3 is 11.9 Å². The van der Waals surface area contributed by atoms with E-state index in [-0.39, 0.29) is 13.0 Å². The van der Waals surface area contributed by atoms with Gasteiger partial charge in [0.25, 0.3) is 0 Å². The van der Waals surface area contributed by atoms with Gasteiger partial charge in [0.05, 0.1) is 20.1 Å². The van der Waals surface area contributed by atoms with Crippen LogP contribution in [0.2, 0.25) is 0 Å². The fourth-order valence-electron chi connectivity index (χ4n) is 1.37. The summed E-state index contributed by atoms with van der Waals surface area (Å²) in [6.45, 7) is 1.43. The fraction of sp³-hybridized carbons (Fsp3) is 0.727. The quantitative estimate of drug-likeness (QED) is 0.621. The normalized spacial score (nSPS) is 13.3. The van der Waals surface area contributed by atoms with Crippen molar-refractivity contribution in [3.8, 4) is 0 Å². The third kappa shape index (κ3) is 5.62. The zero-order valence-corrected chi connectivity index (χ0v) is 11.0. The van der Waals surface area contributed by atoms with E-state index < -0.39 is 29.8 Å². The maximum Gasteiger partial charge on any atom is 0.328 e. The number of ether oxygens (including phenoxy) is 3. The number of hydrogen-bond acceptors (Lipinski definition) is 6. The second kappa shape index (κ2) is 8.46. The first kappa shape index (κ1) is 16.4. The van der Waals surface area contributed by atoms with Gasteiger partial charge < -0.3 is 19.5 Å². The highest BCUT2D eigenvalue weighted by Gasteiger charge is 2.27. The number of rotatable bonds is 7. The standard InChI is InChI=1S/C11H19NO6/c1-7(10(14)17-3)5-8(11(15)18-4)12-9(13)6-16-2/h7-8H,5-6H2,1-4H3,(H,12,13)/t7-,8-/m0/s1. The number of hydrogen-bond donors (Lipinski definition) is 1. The highest BCUT2D eigenvalue weighted by Crippen LogP contribution is 2.09. The fourth-order valence-corrected chi connectivity index (χ4v) is 1.37. The van der Waals surface area contributed by atoms with E-state index in [9.17, 15) is 14.4 Å². The van der Waals surface area contributed by atoms with Gasteiger partial charge in [-0.05, 0) is 6.42 Å². The second-order valence-corrected chi connectivity index (χ2v) is 3.74. The molecule has 0 fully saturated rings. The Kier molecular flexibility index (Phi) is 7.69. The summed E-state index contributed by atoms with van der Waals surface area (Å²) < 4.78 is 13.7. The van der Waals surface area contributed by atoms with Gasteiger partial charge in [-0.3, -0.25) is 9.59 Å². The number of carbonyl (C=O) groups is 3. The zero-order chi connectivity index (χ0) is 14.1. The van der Waals surface area contributed by atoms with Crippen molar-refractivity contribution in [1.29, 1.82) is 0 Å². The van der Waals surface area contributed by atoms with Crippen LogP contribution in [0.1, 0.15) is 13.3 Å². The molecule has 0 aliphatic heterocycles. The summed E-state index contributed by atoms with van der Waals surface area (Å²) in [4.78, 5) is 34.1. The van der Waals surface area contributed by atoms with Gasteiger partial charge in [-0.15, -0.1) is 0 Å². The molecule has 0 saturated carbocycles. The Morgan fingerprint density at radius 2 is 1.61 bits per heavy atom. The molecule has 1 N–H and O–H groups in total. The van der Waals surface area contributed by atoms with Gasteiger partial charge in [-0.1, -0.05) is 6.92 Å². The van der Waals surface area contributed by atoms with E-state index >= 15 is 0 Å². The maximum atomic E-state index is 11.5. The van der Waals surface area contributed by atoms with E-state index in [2.05, 4.69) is 19.5 Å². The van der Waals surface area contributed by atoms with Crippen molar-refractivity contribution in [3.05, 3.63) is 0 Å². The first-order valence-electron chi connectivity index (χ1n) is 5.40. The van der Waals surface area contributed by atoms with Crippen LogP contribution in [0.25, 0.3) is 0 Å². The molecule has 0 radical (unpaired) electrons. The Morgan fingerprint density at radius 1 is 1.06 bits per heavy atom. The molecule has 0 saturated heterocycles. The third-order valence-electron chi connectivity index (χ3n) is 2.29. The summed E-state index contributed by atoms with van der Waals surface area (Å²) in [7, 11) is 3.83. The topological polar surface area (TPSA) is 90.9 Å². The summed E-state index contributed by atoms with van der Waals surface area (Å²) in [5.41, 5.74) is 0. The minimum absolute atomic E-state index is 0.106. The molecule has 0 aromatic rings. The first-order chi connectivity index (χ1) is 8.46. The molecule has 1 amide bonds. The number of methoxy groups -OCH3 is 3. The number of amides is 1. The Morgan fingerprint density at radius 3 is 2.06 bits per heavy atom. The lowest BCUT2D eigenvalue weighted by molar-refractivity contribution is -0.149. The average molecular weight is 261 g/mol. The van der Waals surface area contributed by atoms with Gasteiger partial charge in [-0.25, -0.2) is 4.79 Å². The molecule has 7 heteroatoms. The Bertz CT molecular complexity index is 304. The minimum Gasteiger partial charge on any atom is -0.469 e. The highest BCUT2D eigenvalue weighted by atomic mass is 16.5. The molecule has 104 valence electrons. The number of carbonyl (C=O) groups excluding carboxylic acids is 3. The van der Waals surface area contributed by atoms with Crippen LogP contribution in [0.5, 0.6) is 0 Å². The smallest absolute Gasteiger partial charge is 0.328 e. The van der Waals surface area contributed by atoms with Crippen molar-refractivity contribution >= 4 is 17.8 Å². The molecule has 0 bridgehead atoms. The minimum atomic E-state index is -0.897. The van der Waals surface area contributed by atoms with Gasteiger partial charge in [-0.2, -0.15) is 0 Å². The van der Waals surface area contributed by atoms with Crippen LogP contribution in [0.15, 0.2) is 0 Å². The number of nitrogens with one attached hydrogen (secondary N) is 1. The van der Waals surface area contributed by atoms with Crippen molar-refractivity contribution in [1.82, 2.24) is 5.32 Å². The average Bonchev–Trinajstić information content (AvgIpc) is 2.36. The van der Waals surface area contributed by atoms with Crippen LogP contribution in [0, 0.1) is 5.92 Å². The molecule has 0 unspecified atom stereocenters. The van der Waals surface area contributed by atoms with E-state index in [0.717, 1.165) is 0 Å². The van der Waals surface area contributed by atoms with E-state index in [1.165, 1.54) is 21.3 Å². The van der Waals surface area contributed by atoms with E-state index in [4.69, 9.17) is 0 Å². The van der Waals surface area contributed by atoms with Gasteiger partial charge in [0.2, 0.25) is 5.91 Å². The van der Waals surface area contributed by atoms with E-state index in [1.807, 2.05) is 0 Å². The van der Waals surface area contributed by atoms with Crippen molar-refractivity contribution in [3.63, 3.8) is 0 Å². The second-order valence-electron chi connectivity index (χ2n) is 3.74. The lowest BCUT2D eigenvalue weighted by atomic mass is 10.0. The predicted molar refractivity (Wildman–Crippen MR) is 61.6 cm³/mol. The molecule has 0 spiro atoms. The molecule has 0 aliphatic carbocycles. The van der Waals surface area contributed by atoms with Crippen molar-refractivity contribution < 1.29 is 28.6 Å². The molecule has 7 nitrogen and oxygen atoms in total. The van der Waals surface area contributed by atoms with Crippen LogP contribution in [0.3, 0.4) is 0 Å². The molecular formula is C11H19NO6. The molecule has 18 heavy (non-hydrogen) atoms. The van der Waals surface area contributed by atoms with Gasteiger partial charge in [0.1, 0.15) is 12.6 Å². The first-order valence-corrected chi connectivity index (χ1v) is 5.40. The highest BCUT2D eigenvalue weighted by molar-refractivity contribution is 5.85. The molecule has 2 atom stereocenters. The molecular weight excluding hydrogens is 242 g/mol. The molecule has 0 aliphatic rings. The van der Waals surface area contributed by atoms with Crippen LogP contribution < -0.4 is 5.32 Å². The predicted octanol–water partition coefficient (Wildman–Crippen LogP) is -0.510. The molecule has 0 rings (SSSR count). The lowest BCUT2D eigenvalue weighted by Crippen LogP contribution is -2.44. The Labute approximate surface area is 106 Å². The Hall–Kier alpha value is -1.63. The van der Waals surface area contributed by atoms with Gasteiger partial charge in [0.15, 0.2) is 0 Å².